The maximum Gasteiger partial charge on any atom is 0.305 e. The summed E-state index contributed by atoms with van der Waals surface area (Å²) in [5.74, 6) is -0.0734. The van der Waals surface area contributed by atoms with Crippen LogP contribution in [0.4, 0.5) is 0 Å². The fraction of sp³-hybridized carbons (Fsp3) is 0.935. The average Bonchev–Trinajstić information content (AvgIpc) is 3.34. The number of allylic oxidation sites excluding steroid dienone is 1. The highest BCUT2D eigenvalue weighted by Gasteiger charge is 2.18. The summed E-state index contributed by atoms with van der Waals surface area (Å²) in [6.07, 6.45) is 69.5. The number of unbranched alkanes of at least 4 members (excludes halogenated alkanes) is 47. The van der Waals surface area contributed by atoms with Crippen LogP contribution in [0.15, 0.2) is 12.2 Å². The molecule has 404 valence electrons. The lowest BCUT2D eigenvalue weighted by molar-refractivity contribution is -0.143. The first kappa shape index (κ1) is 66.6. The Morgan fingerprint density at radius 2 is 0.676 bits per heavy atom. The van der Waals surface area contributed by atoms with Gasteiger partial charge in [-0.25, -0.2) is 0 Å². The molecule has 0 rings (SSSR count). The van der Waals surface area contributed by atoms with Crippen molar-refractivity contribution in [2.24, 2.45) is 0 Å². The molecule has 0 saturated carbocycles. The summed E-state index contributed by atoms with van der Waals surface area (Å²) in [5, 5.41) is 23.2. The Hall–Kier alpha value is -1.40. The molecule has 0 bridgehead atoms. The molecule has 68 heavy (non-hydrogen) atoms. The van der Waals surface area contributed by atoms with E-state index in [4.69, 9.17) is 4.74 Å². The van der Waals surface area contributed by atoms with E-state index in [1.54, 1.807) is 6.08 Å². The van der Waals surface area contributed by atoms with Crippen molar-refractivity contribution in [1.29, 1.82) is 0 Å². The van der Waals surface area contributed by atoms with Crippen molar-refractivity contribution in [3.05, 3.63) is 12.2 Å². The van der Waals surface area contributed by atoms with E-state index in [1.807, 2.05) is 6.08 Å². The molecule has 1 amide bonds. The maximum atomic E-state index is 12.5. The van der Waals surface area contributed by atoms with E-state index in [1.165, 1.54) is 263 Å². The second-order valence-corrected chi connectivity index (χ2v) is 21.4. The minimum Gasteiger partial charge on any atom is -0.466 e. The van der Waals surface area contributed by atoms with Crippen LogP contribution in [0.25, 0.3) is 0 Å². The monoisotopic (exact) mass is 960 g/mol. The lowest BCUT2D eigenvalue weighted by Crippen LogP contribution is -2.45. The number of nitrogens with one attached hydrogen (secondary N) is 1. The van der Waals surface area contributed by atoms with Crippen molar-refractivity contribution >= 4 is 11.9 Å². The number of esters is 1. The van der Waals surface area contributed by atoms with Crippen LogP contribution in [-0.2, 0) is 14.3 Å². The van der Waals surface area contributed by atoms with Crippen molar-refractivity contribution in [3.63, 3.8) is 0 Å². The number of hydrogen-bond donors (Lipinski definition) is 3. The minimum atomic E-state index is -0.851. The Labute approximate surface area is 425 Å². The van der Waals surface area contributed by atoms with Crippen LogP contribution in [-0.4, -0.2) is 47.4 Å². The zero-order chi connectivity index (χ0) is 49.3. The molecule has 2 atom stereocenters. The molecule has 0 spiro atoms. The second-order valence-electron chi connectivity index (χ2n) is 21.4. The summed E-state index contributed by atoms with van der Waals surface area (Å²) >= 11 is 0. The number of hydrogen-bond acceptors (Lipinski definition) is 5. The molecular weight excluding hydrogens is 839 g/mol. The number of carbonyl (C=O) groups excluding carboxylic acids is 2. The molecule has 6 nitrogen and oxygen atoms in total. The van der Waals surface area contributed by atoms with E-state index in [0.29, 0.717) is 19.4 Å². The molecule has 3 N–H and O–H groups in total. The molecular formula is C62H121NO5. The van der Waals surface area contributed by atoms with Gasteiger partial charge in [-0.3, -0.25) is 9.59 Å². The molecule has 0 aliphatic rings. The zero-order valence-electron chi connectivity index (χ0n) is 46.1. The van der Waals surface area contributed by atoms with Crippen molar-refractivity contribution in [3.8, 4) is 0 Å². The van der Waals surface area contributed by atoms with Crippen LogP contribution in [0.2, 0.25) is 0 Å². The number of ether oxygens (including phenoxy) is 1. The summed E-state index contributed by atoms with van der Waals surface area (Å²) in [4.78, 5) is 24.6. The Balaban J connectivity index is 3.45. The van der Waals surface area contributed by atoms with Crippen molar-refractivity contribution in [2.75, 3.05) is 13.2 Å². The summed E-state index contributed by atoms with van der Waals surface area (Å²) in [7, 11) is 0. The van der Waals surface area contributed by atoms with Gasteiger partial charge in [-0.05, 0) is 32.1 Å². The molecule has 0 saturated heterocycles. The Bertz CT molecular complexity index is 1020. The molecule has 0 aliphatic heterocycles. The molecule has 0 aromatic heterocycles. The first-order valence-electron chi connectivity index (χ1n) is 31.0. The smallest absolute Gasteiger partial charge is 0.305 e. The molecule has 6 heteroatoms. The summed E-state index contributed by atoms with van der Waals surface area (Å²) in [6, 6.07) is -0.636. The molecule has 0 fully saturated rings. The zero-order valence-corrected chi connectivity index (χ0v) is 46.1. The highest BCUT2D eigenvalue weighted by atomic mass is 16.5. The molecule has 0 radical (unpaired) electrons. The van der Waals surface area contributed by atoms with E-state index < -0.39 is 12.1 Å². The van der Waals surface area contributed by atoms with Gasteiger partial charge in [0, 0.05) is 12.8 Å². The van der Waals surface area contributed by atoms with Crippen molar-refractivity contribution in [1.82, 2.24) is 5.32 Å². The van der Waals surface area contributed by atoms with Gasteiger partial charge >= 0.3 is 5.97 Å². The normalized spacial score (nSPS) is 12.6. The predicted octanol–water partition coefficient (Wildman–Crippen LogP) is 19.2. The lowest BCUT2D eigenvalue weighted by atomic mass is 10.0. The highest BCUT2D eigenvalue weighted by molar-refractivity contribution is 5.76. The fourth-order valence-corrected chi connectivity index (χ4v) is 9.81. The molecule has 2 unspecified atom stereocenters. The van der Waals surface area contributed by atoms with Gasteiger partial charge in [0.15, 0.2) is 0 Å². The standard InChI is InChI=1S/C62H121NO5/c1-3-5-7-9-11-13-15-17-19-21-22-23-24-25-26-30-34-38-42-46-50-54-60(65)59(58-64)63-61(66)55-51-47-43-39-35-31-28-29-33-37-41-45-49-53-57-68-62(67)56-52-48-44-40-36-32-27-20-18-16-14-12-10-8-6-4-2/h50,54,59-60,64-65H,3-49,51-53,55-58H2,1-2H3,(H,63,66)/b54-50+. The molecule has 0 aliphatic carbocycles. The quantitative estimate of drug-likeness (QED) is 0.0321. The minimum absolute atomic E-state index is 0.00105. The first-order chi connectivity index (χ1) is 33.5. The van der Waals surface area contributed by atoms with E-state index in [2.05, 4.69) is 19.2 Å². The largest absolute Gasteiger partial charge is 0.466 e. The Morgan fingerprint density at radius 1 is 0.397 bits per heavy atom. The average molecular weight is 961 g/mol. The summed E-state index contributed by atoms with van der Waals surface area (Å²) in [5.41, 5.74) is 0. The van der Waals surface area contributed by atoms with Crippen LogP contribution >= 0.6 is 0 Å². The Kier molecular flexibility index (Phi) is 57.0. The van der Waals surface area contributed by atoms with E-state index in [-0.39, 0.29) is 18.5 Å². The van der Waals surface area contributed by atoms with Gasteiger partial charge in [-0.2, -0.15) is 0 Å². The molecule has 0 heterocycles. The number of aliphatic hydroxyl groups excluding tert-OH is 2. The fourth-order valence-electron chi connectivity index (χ4n) is 9.81. The van der Waals surface area contributed by atoms with Gasteiger partial charge in [-0.15, -0.1) is 0 Å². The summed E-state index contributed by atoms with van der Waals surface area (Å²) in [6.45, 7) is 4.92. The second kappa shape index (κ2) is 58.2. The van der Waals surface area contributed by atoms with Gasteiger partial charge in [0.2, 0.25) is 5.91 Å². The number of rotatable bonds is 58. The Morgan fingerprint density at radius 3 is 1.00 bits per heavy atom. The van der Waals surface area contributed by atoms with Gasteiger partial charge in [0.25, 0.3) is 0 Å². The summed E-state index contributed by atoms with van der Waals surface area (Å²) < 4.78 is 5.49. The molecule has 0 aromatic carbocycles. The highest BCUT2D eigenvalue weighted by Crippen LogP contribution is 2.18. The van der Waals surface area contributed by atoms with E-state index >= 15 is 0 Å². The van der Waals surface area contributed by atoms with Crippen molar-refractivity contribution in [2.45, 2.75) is 360 Å². The maximum absolute atomic E-state index is 12.5. The van der Waals surface area contributed by atoms with Gasteiger partial charge in [-0.1, -0.05) is 315 Å². The molecule has 0 aromatic rings. The van der Waals surface area contributed by atoms with Crippen LogP contribution in [0.1, 0.15) is 348 Å². The van der Waals surface area contributed by atoms with Crippen LogP contribution in [0.5, 0.6) is 0 Å². The third-order valence-electron chi connectivity index (χ3n) is 14.6. The topological polar surface area (TPSA) is 95.9 Å². The number of aliphatic hydroxyl groups is 2. The van der Waals surface area contributed by atoms with Crippen LogP contribution in [0.3, 0.4) is 0 Å². The first-order valence-corrected chi connectivity index (χ1v) is 31.0. The van der Waals surface area contributed by atoms with E-state index in [9.17, 15) is 19.8 Å². The van der Waals surface area contributed by atoms with E-state index in [0.717, 1.165) is 57.8 Å². The van der Waals surface area contributed by atoms with Gasteiger partial charge in [0.05, 0.1) is 25.4 Å². The van der Waals surface area contributed by atoms with Crippen LogP contribution < -0.4 is 5.32 Å². The number of carbonyl (C=O) groups is 2. The SMILES string of the molecule is CCCCCCCCCCCCCCCCCCCCC/C=C/C(O)C(CO)NC(=O)CCCCCCCCCCCCCCCCOC(=O)CCCCCCCCCCCCCCCCCC. The predicted molar refractivity (Wildman–Crippen MR) is 297 cm³/mol. The third-order valence-corrected chi connectivity index (χ3v) is 14.6. The lowest BCUT2D eigenvalue weighted by Gasteiger charge is -2.20. The number of amides is 1. The van der Waals surface area contributed by atoms with Gasteiger partial charge < -0.3 is 20.3 Å². The van der Waals surface area contributed by atoms with Gasteiger partial charge in [0.1, 0.15) is 0 Å². The van der Waals surface area contributed by atoms with Crippen LogP contribution in [0, 0.1) is 0 Å². The third kappa shape index (κ3) is 53.9. The van der Waals surface area contributed by atoms with Crippen molar-refractivity contribution < 1.29 is 24.5 Å².